The van der Waals surface area contributed by atoms with Crippen molar-refractivity contribution in [2.24, 2.45) is 0 Å². The van der Waals surface area contributed by atoms with Crippen molar-refractivity contribution in [3.8, 4) is 5.75 Å². The fraction of sp³-hybridized carbons (Fsp3) is 0.333. The second kappa shape index (κ2) is 13.7. The maximum atomic E-state index is 14.0. The van der Waals surface area contributed by atoms with Gasteiger partial charge < -0.3 is 15.0 Å². The van der Waals surface area contributed by atoms with Gasteiger partial charge in [-0.2, -0.15) is 0 Å². The van der Waals surface area contributed by atoms with Crippen LogP contribution in [0.1, 0.15) is 38.3 Å². The van der Waals surface area contributed by atoms with Crippen molar-refractivity contribution in [1.29, 1.82) is 0 Å². The van der Waals surface area contributed by atoms with E-state index in [1.54, 1.807) is 68.6 Å². The van der Waals surface area contributed by atoms with Gasteiger partial charge >= 0.3 is 0 Å². The smallest absolute Gasteiger partial charge is 0.264 e. The summed E-state index contributed by atoms with van der Waals surface area (Å²) in [6.07, 6.45) is 0.720. The van der Waals surface area contributed by atoms with Crippen LogP contribution < -0.4 is 14.4 Å². The number of halogens is 1. The topological polar surface area (TPSA) is 96.0 Å². The Morgan fingerprint density at radius 2 is 1.68 bits per heavy atom. The number of sulfonamides is 1. The zero-order chi connectivity index (χ0) is 29.4. The number of carbonyl (C=O) groups excluding carboxylic acids is 2. The summed E-state index contributed by atoms with van der Waals surface area (Å²) in [6, 6.07) is 19.0. The van der Waals surface area contributed by atoms with Crippen LogP contribution in [0.5, 0.6) is 5.75 Å². The molecular weight excluding hydrogens is 550 g/mol. The number of hydrogen-bond acceptors (Lipinski definition) is 5. The van der Waals surface area contributed by atoms with E-state index in [9.17, 15) is 18.0 Å². The molecule has 10 heteroatoms. The van der Waals surface area contributed by atoms with Crippen molar-refractivity contribution in [3.05, 3.63) is 88.9 Å². The molecule has 0 aromatic heterocycles. The van der Waals surface area contributed by atoms with Gasteiger partial charge in [-0.1, -0.05) is 60.5 Å². The number of ether oxygens (including phenoxy) is 1. The normalized spacial score (nSPS) is 12.8. The summed E-state index contributed by atoms with van der Waals surface area (Å²) in [5.74, 6) is -0.303. The number of aryl methyl sites for hydroxylation is 1. The van der Waals surface area contributed by atoms with Crippen molar-refractivity contribution in [2.45, 2.75) is 57.6 Å². The quantitative estimate of drug-likeness (QED) is 0.316. The van der Waals surface area contributed by atoms with Crippen molar-refractivity contribution in [1.82, 2.24) is 10.2 Å². The predicted molar refractivity (Wildman–Crippen MR) is 158 cm³/mol. The molecule has 0 bridgehead atoms. The molecule has 0 radical (unpaired) electrons. The Balaban J connectivity index is 2.04. The van der Waals surface area contributed by atoms with Gasteiger partial charge in [-0.15, -0.1) is 0 Å². The first-order valence-electron chi connectivity index (χ1n) is 13.0. The fourth-order valence-corrected chi connectivity index (χ4v) is 5.74. The van der Waals surface area contributed by atoms with E-state index in [1.165, 1.54) is 17.0 Å². The molecule has 1 N–H and O–H groups in total. The van der Waals surface area contributed by atoms with Gasteiger partial charge in [0.2, 0.25) is 11.8 Å². The van der Waals surface area contributed by atoms with Crippen LogP contribution in [0.15, 0.2) is 77.7 Å². The van der Waals surface area contributed by atoms with Crippen molar-refractivity contribution >= 4 is 39.1 Å². The summed E-state index contributed by atoms with van der Waals surface area (Å²) < 4.78 is 34.1. The number of para-hydroxylation sites is 1. The van der Waals surface area contributed by atoms with Crippen molar-refractivity contribution < 1.29 is 22.7 Å². The van der Waals surface area contributed by atoms with E-state index in [2.05, 4.69) is 5.32 Å². The maximum absolute atomic E-state index is 14.0. The van der Waals surface area contributed by atoms with Crippen LogP contribution >= 0.6 is 11.6 Å². The van der Waals surface area contributed by atoms with Crippen LogP contribution in [-0.4, -0.2) is 50.9 Å². The predicted octanol–water partition coefficient (Wildman–Crippen LogP) is 5.18. The monoisotopic (exact) mass is 585 g/mol. The molecule has 0 aliphatic rings. The van der Waals surface area contributed by atoms with Crippen LogP contribution in [0.2, 0.25) is 5.02 Å². The Labute approximate surface area is 241 Å². The Kier molecular flexibility index (Phi) is 10.6. The number of anilines is 1. The summed E-state index contributed by atoms with van der Waals surface area (Å²) in [7, 11) is -2.65. The first-order chi connectivity index (χ1) is 19.0. The van der Waals surface area contributed by atoms with Crippen LogP contribution in [0.4, 0.5) is 5.69 Å². The van der Waals surface area contributed by atoms with E-state index in [-0.39, 0.29) is 34.1 Å². The number of amides is 2. The highest BCUT2D eigenvalue weighted by Crippen LogP contribution is 2.31. The minimum atomic E-state index is -4.19. The van der Waals surface area contributed by atoms with Crippen LogP contribution in [-0.2, 0) is 26.2 Å². The molecule has 0 aliphatic heterocycles. The van der Waals surface area contributed by atoms with E-state index < -0.39 is 28.5 Å². The number of rotatable bonds is 12. The van der Waals surface area contributed by atoms with Gasteiger partial charge in [-0.3, -0.25) is 13.9 Å². The summed E-state index contributed by atoms with van der Waals surface area (Å²) in [5, 5.41) is 3.09. The number of hydrogen-bond donors (Lipinski definition) is 1. The standard InChI is InChI=1S/C30H36ClN3O5S/c1-6-22(3)32-30(36)23(4)33(19-24-10-9-11-25(18-24)39-5)29(35)20-34(28-13-8-7-12-27(28)31)40(37,38)26-16-14-21(2)15-17-26/h7-18,22-23H,6,19-20H2,1-5H3,(H,32,36)/t22-,23+/m1/s1. The second-order valence-electron chi connectivity index (χ2n) is 9.64. The molecule has 0 unspecified atom stereocenters. The highest BCUT2D eigenvalue weighted by molar-refractivity contribution is 7.92. The Morgan fingerprint density at radius 1 is 1.00 bits per heavy atom. The zero-order valence-corrected chi connectivity index (χ0v) is 25.0. The molecule has 2 atom stereocenters. The van der Waals surface area contributed by atoms with E-state index in [4.69, 9.17) is 16.3 Å². The highest BCUT2D eigenvalue weighted by Gasteiger charge is 2.33. The first-order valence-corrected chi connectivity index (χ1v) is 14.9. The third-order valence-corrected chi connectivity index (χ3v) is 8.76. The molecule has 0 fully saturated rings. The first kappa shape index (κ1) is 31.0. The van der Waals surface area contributed by atoms with E-state index in [0.29, 0.717) is 5.75 Å². The van der Waals surface area contributed by atoms with Gasteiger partial charge in [-0.25, -0.2) is 8.42 Å². The van der Waals surface area contributed by atoms with Crippen molar-refractivity contribution in [3.63, 3.8) is 0 Å². The third-order valence-electron chi connectivity index (χ3n) is 6.66. The minimum Gasteiger partial charge on any atom is -0.497 e. The third kappa shape index (κ3) is 7.55. The average Bonchev–Trinajstić information content (AvgIpc) is 2.94. The van der Waals surface area contributed by atoms with E-state index >= 15 is 0 Å². The second-order valence-corrected chi connectivity index (χ2v) is 11.9. The Morgan fingerprint density at radius 3 is 2.30 bits per heavy atom. The lowest BCUT2D eigenvalue weighted by molar-refractivity contribution is -0.139. The van der Waals surface area contributed by atoms with Gasteiger partial charge in [0.15, 0.2) is 0 Å². The zero-order valence-electron chi connectivity index (χ0n) is 23.4. The van der Waals surface area contributed by atoms with E-state index in [0.717, 1.165) is 21.9 Å². The van der Waals surface area contributed by atoms with Gasteiger partial charge in [0.25, 0.3) is 10.0 Å². The van der Waals surface area contributed by atoms with Gasteiger partial charge in [0.05, 0.1) is 22.7 Å². The lowest BCUT2D eigenvalue weighted by Crippen LogP contribution is -2.52. The largest absolute Gasteiger partial charge is 0.497 e. The Bertz CT molecular complexity index is 1430. The van der Waals surface area contributed by atoms with Crippen LogP contribution in [0.25, 0.3) is 0 Å². The van der Waals surface area contributed by atoms with Gasteiger partial charge in [0.1, 0.15) is 18.3 Å². The number of carbonyl (C=O) groups is 2. The van der Waals surface area contributed by atoms with Crippen molar-refractivity contribution in [2.75, 3.05) is 18.0 Å². The summed E-state index contributed by atoms with van der Waals surface area (Å²) >= 11 is 6.44. The molecule has 3 aromatic rings. The number of nitrogens with one attached hydrogen (secondary N) is 1. The molecule has 0 saturated heterocycles. The molecule has 0 aliphatic carbocycles. The average molecular weight is 586 g/mol. The minimum absolute atomic E-state index is 0.0210. The molecule has 0 saturated carbocycles. The molecule has 0 heterocycles. The molecule has 214 valence electrons. The molecule has 0 spiro atoms. The summed E-state index contributed by atoms with van der Waals surface area (Å²) in [4.78, 5) is 28.5. The van der Waals surface area contributed by atoms with Gasteiger partial charge in [-0.05, 0) is 69.2 Å². The van der Waals surface area contributed by atoms with E-state index in [1.807, 2.05) is 26.8 Å². The molecule has 8 nitrogen and oxygen atoms in total. The summed E-state index contributed by atoms with van der Waals surface area (Å²) in [6.45, 7) is 6.81. The highest BCUT2D eigenvalue weighted by atomic mass is 35.5. The molecule has 3 aromatic carbocycles. The lowest BCUT2D eigenvalue weighted by Gasteiger charge is -2.32. The SMILES string of the molecule is CC[C@@H](C)NC(=O)[C@H](C)N(Cc1cccc(OC)c1)C(=O)CN(c1ccccc1Cl)S(=O)(=O)c1ccc(C)cc1. The molecule has 3 rings (SSSR count). The van der Waals surface area contributed by atoms with Gasteiger partial charge in [0, 0.05) is 12.6 Å². The van der Waals surface area contributed by atoms with Crippen LogP contribution in [0, 0.1) is 6.92 Å². The number of benzene rings is 3. The molecule has 40 heavy (non-hydrogen) atoms. The summed E-state index contributed by atoms with van der Waals surface area (Å²) in [5.41, 5.74) is 1.78. The molecular formula is C30H36ClN3O5S. The Hall–Kier alpha value is -3.56. The maximum Gasteiger partial charge on any atom is 0.264 e. The number of nitrogens with zero attached hydrogens (tertiary/aromatic N) is 2. The number of methoxy groups -OCH3 is 1. The lowest BCUT2D eigenvalue weighted by atomic mass is 10.1. The van der Waals surface area contributed by atoms with Crippen LogP contribution in [0.3, 0.4) is 0 Å². The fourth-order valence-electron chi connectivity index (χ4n) is 4.02. The molecule has 2 amide bonds.